The number of benzene rings is 1. The maximum atomic E-state index is 12.7. The van der Waals surface area contributed by atoms with Crippen LogP contribution in [0.3, 0.4) is 0 Å². The molecule has 1 atom stereocenters. The SMILES string of the molecule is COc1c(OCC(F)(F)F)ccnc1CS(=O)c1nc2ccc(OC(F)F)cc2[nH]1. The molecule has 1 aromatic carbocycles. The molecule has 0 radical (unpaired) electrons. The van der Waals surface area contributed by atoms with Gasteiger partial charge in [0.15, 0.2) is 23.3 Å². The molecule has 0 amide bonds. The second kappa shape index (κ2) is 8.81. The lowest BCUT2D eigenvalue weighted by Crippen LogP contribution is -2.19. The normalized spacial score (nSPS) is 12.9. The molecule has 13 heteroatoms. The number of hydrogen-bond acceptors (Lipinski definition) is 6. The molecule has 1 unspecified atom stereocenters. The van der Waals surface area contributed by atoms with Crippen LogP contribution in [0.25, 0.3) is 11.0 Å². The monoisotopic (exact) mass is 451 g/mol. The first kappa shape index (κ1) is 21.7. The lowest BCUT2D eigenvalue weighted by Gasteiger charge is -2.14. The summed E-state index contributed by atoms with van der Waals surface area (Å²) in [6, 6.07) is 5.17. The maximum absolute atomic E-state index is 12.7. The number of aromatic amines is 1. The summed E-state index contributed by atoms with van der Waals surface area (Å²) in [5.74, 6) is -0.627. The minimum absolute atomic E-state index is 0.0182. The Hall–Kier alpha value is -2.96. The fourth-order valence-corrected chi connectivity index (χ4v) is 3.52. The number of rotatable bonds is 8. The predicted octanol–water partition coefficient (Wildman–Crippen LogP) is 3.82. The Morgan fingerprint density at radius 1 is 1.23 bits per heavy atom. The smallest absolute Gasteiger partial charge is 0.422 e. The highest BCUT2D eigenvalue weighted by atomic mass is 32.2. The number of alkyl halides is 5. The van der Waals surface area contributed by atoms with Crippen LogP contribution in [0.2, 0.25) is 0 Å². The minimum atomic E-state index is -4.54. The Labute approximate surface area is 168 Å². The molecule has 0 spiro atoms. The molecular weight excluding hydrogens is 437 g/mol. The van der Waals surface area contributed by atoms with Crippen molar-refractivity contribution in [3.63, 3.8) is 0 Å². The van der Waals surface area contributed by atoms with Crippen molar-refractivity contribution < 1.29 is 40.4 Å². The molecular formula is C17H14F5N3O4S. The van der Waals surface area contributed by atoms with Gasteiger partial charge >= 0.3 is 12.8 Å². The van der Waals surface area contributed by atoms with Crippen LogP contribution in [0.4, 0.5) is 22.0 Å². The standard InChI is InChI=1S/C17H14F5N3O4S/c1-27-14-12(23-5-4-13(14)28-8-17(20,21)22)7-30(26)16-24-10-3-2-9(29-15(18)19)6-11(10)25-16/h2-6,15H,7-8H2,1H3,(H,24,25). The number of imidazole rings is 1. The zero-order valence-electron chi connectivity index (χ0n) is 15.2. The van der Waals surface area contributed by atoms with E-state index in [1.165, 1.54) is 37.6 Å². The number of methoxy groups -OCH3 is 1. The molecule has 1 N–H and O–H groups in total. The average Bonchev–Trinajstić information content (AvgIpc) is 3.09. The van der Waals surface area contributed by atoms with E-state index in [4.69, 9.17) is 9.47 Å². The summed E-state index contributed by atoms with van der Waals surface area (Å²) in [7, 11) is -0.584. The summed E-state index contributed by atoms with van der Waals surface area (Å²) >= 11 is 0. The Morgan fingerprint density at radius 3 is 2.67 bits per heavy atom. The van der Waals surface area contributed by atoms with Gasteiger partial charge in [-0.05, 0) is 12.1 Å². The predicted molar refractivity (Wildman–Crippen MR) is 95.2 cm³/mol. The summed E-state index contributed by atoms with van der Waals surface area (Å²) in [5, 5.41) is 0.0182. The molecule has 30 heavy (non-hydrogen) atoms. The molecule has 0 aliphatic heterocycles. The van der Waals surface area contributed by atoms with Crippen molar-refractivity contribution in [3.8, 4) is 17.2 Å². The van der Waals surface area contributed by atoms with Gasteiger partial charge in [-0.2, -0.15) is 22.0 Å². The molecule has 2 aromatic heterocycles. The van der Waals surface area contributed by atoms with Crippen LogP contribution in [-0.2, 0) is 16.6 Å². The summed E-state index contributed by atoms with van der Waals surface area (Å²) in [6.45, 7) is -4.52. The highest BCUT2D eigenvalue weighted by Gasteiger charge is 2.29. The molecule has 3 aromatic rings. The molecule has 162 valence electrons. The average molecular weight is 451 g/mol. The number of aromatic nitrogens is 3. The van der Waals surface area contributed by atoms with Crippen molar-refractivity contribution >= 4 is 21.8 Å². The molecule has 3 rings (SSSR count). The topological polar surface area (TPSA) is 86.3 Å². The first-order valence-corrected chi connectivity index (χ1v) is 9.52. The Kier molecular flexibility index (Phi) is 6.39. The van der Waals surface area contributed by atoms with Crippen LogP contribution in [-0.4, -0.2) is 45.7 Å². The summed E-state index contributed by atoms with van der Waals surface area (Å²) in [5.41, 5.74) is 0.776. The number of halogens is 5. The van der Waals surface area contributed by atoms with Gasteiger partial charge in [0.2, 0.25) is 0 Å². The van der Waals surface area contributed by atoms with Crippen LogP contribution in [0.5, 0.6) is 17.2 Å². The molecule has 0 saturated carbocycles. The zero-order chi connectivity index (χ0) is 21.9. The minimum Gasteiger partial charge on any atom is -0.491 e. The molecule has 0 fully saturated rings. The van der Waals surface area contributed by atoms with Crippen LogP contribution < -0.4 is 14.2 Å². The fourth-order valence-electron chi connectivity index (χ4n) is 2.51. The third-order valence-corrected chi connectivity index (χ3v) is 4.84. The van der Waals surface area contributed by atoms with E-state index in [1.807, 2.05) is 0 Å². The quantitative estimate of drug-likeness (QED) is 0.524. The first-order chi connectivity index (χ1) is 14.2. The van der Waals surface area contributed by atoms with Crippen molar-refractivity contribution in [2.75, 3.05) is 13.7 Å². The Morgan fingerprint density at radius 2 is 2.00 bits per heavy atom. The van der Waals surface area contributed by atoms with Crippen LogP contribution in [0.15, 0.2) is 35.6 Å². The van der Waals surface area contributed by atoms with E-state index in [9.17, 15) is 26.2 Å². The Bertz CT molecular complexity index is 1060. The van der Waals surface area contributed by atoms with Crippen molar-refractivity contribution in [3.05, 3.63) is 36.2 Å². The number of ether oxygens (including phenoxy) is 3. The van der Waals surface area contributed by atoms with Gasteiger partial charge in [0.05, 0.1) is 40.4 Å². The molecule has 0 bridgehead atoms. The van der Waals surface area contributed by atoms with E-state index in [1.54, 1.807) is 0 Å². The largest absolute Gasteiger partial charge is 0.491 e. The zero-order valence-corrected chi connectivity index (χ0v) is 16.0. The summed E-state index contributed by atoms with van der Waals surface area (Å²) in [4.78, 5) is 10.9. The molecule has 0 aliphatic rings. The van der Waals surface area contributed by atoms with Crippen molar-refractivity contribution in [1.29, 1.82) is 0 Å². The summed E-state index contributed by atoms with van der Waals surface area (Å²) in [6.07, 6.45) is -3.34. The lowest BCUT2D eigenvalue weighted by molar-refractivity contribution is -0.153. The van der Waals surface area contributed by atoms with E-state index in [0.717, 1.165) is 0 Å². The van der Waals surface area contributed by atoms with Gasteiger partial charge in [0, 0.05) is 18.3 Å². The van der Waals surface area contributed by atoms with Gasteiger partial charge in [-0.25, -0.2) is 4.98 Å². The lowest BCUT2D eigenvalue weighted by atomic mass is 10.3. The van der Waals surface area contributed by atoms with E-state index >= 15 is 0 Å². The highest BCUT2D eigenvalue weighted by Crippen LogP contribution is 2.32. The van der Waals surface area contributed by atoms with Gasteiger partial charge in [-0.3, -0.25) is 9.19 Å². The van der Waals surface area contributed by atoms with Gasteiger partial charge < -0.3 is 19.2 Å². The van der Waals surface area contributed by atoms with Gasteiger partial charge in [0.25, 0.3) is 0 Å². The van der Waals surface area contributed by atoms with Crippen molar-refractivity contribution in [2.45, 2.75) is 23.7 Å². The molecule has 0 aliphatic carbocycles. The van der Waals surface area contributed by atoms with Crippen molar-refractivity contribution in [2.24, 2.45) is 0 Å². The molecule has 7 nitrogen and oxygen atoms in total. The van der Waals surface area contributed by atoms with Crippen molar-refractivity contribution in [1.82, 2.24) is 15.0 Å². The fraction of sp³-hybridized carbons (Fsp3) is 0.294. The third kappa shape index (κ3) is 5.34. The molecule has 2 heterocycles. The first-order valence-electron chi connectivity index (χ1n) is 8.20. The second-order valence-corrected chi connectivity index (χ2v) is 7.15. The Balaban J connectivity index is 1.81. The van der Waals surface area contributed by atoms with Gasteiger partial charge in [-0.1, -0.05) is 0 Å². The van der Waals surface area contributed by atoms with Gasteiger partial charge in [0.1, 0.15) is 5.75 Å². The second-order valence-electron chi connectivity index (χ2n) is 5.78. The third-order valence-electron chi connectivity index (χ3n) is 3.68. The number of nitrogens with one attached hydrogen (secondary N) is 1. The van der Waals surface area contributed by atoms with Crippen LogP contribution in [0.1, 0.15) is 5.69 Å². The van der Waals surface area contributed by atoms with E-state index < -0.39 is 30.2 Å². The summed E-state index contributed by atoms with van der Waals surface area (Å²) < 4.78 is 88.7. The maximum Gasteiger partial charge on any atom is 0.422 e. The van der Waals surface area contributed by atoms with Gasteiger partial charge in [-0.15, -0.1) is 0 Å². The number of nitrogens with zero attached hydrogens (tertiary/aromatic N) is 2. The van der Waals surface area contributed by atoms with E-state index in [2.05, 4.69) is 19.7 Å². The number of H-pyrrole nitrogens is 1. The number of hydrogen-bond donors (Lipinski definition) is 1. The van der Waals surface area contributed by atoms with Crippen LogP contribution >= 0.6 is 0 Å². The number of pyridine rings is 1. The van der Waals surface area contributed by atoms with E-state index in [0.29, 0.717) is 11.0 Å². The molecule has 0 saturated heterocycles. The van der Waals surface area contributed by atoms with E-state index in [-0.39, 0.29) is 33.9 Å². The highest BCUT2D eigenvalue weighted by molar-refractivity contribution is 7.84. The van der Waals surface area contributed by atoms with Crippen LogP contribution in [0, 0.1) is 0 Å². The number of fused-ring (bicyclic) bond motifs is 1.